The van der Waals surface area contributed by atoms with Gasteiger partial charge in [-0.2, -0.15) is 0 Å². The number of amides is 1. The lowest BCUT2D eigenvalue weighted by atomic mass is 10.2. The minimum Gasteiger partial charge on any atom is -0.481 e. The van der Waals surface area contributed by atoms with Crippen LogP contribution >= 0.6 is 0 Å². The van der Waals surface area contributed by atoms with Gasteiger partial charge in [0.1, 0.15) is 5.25 Å². The smallest absolute Gasteiger partial charge is 0.304 e. The van der Waals surface area contributed by atoms with E-state index in [0.29, 0.717) is 0 Å². The third kappa shape index (κ3) is 4.19. The molecule has 1 amide bonds. The molecule has 0 bridgehead atoms. The molecule has 2 N–H and O–H groups in total. The number of hydrogen-bond donors (Lipinski definition) is 2. The van der Waals surface area contributed by atoms with Gasteiger partial charge < -0.3 is 10.4 Å². The third-order valence-corrected chi connectivity index (χ3v) is 6.07. The molecule has 0 aliphatic heterocycles. The molecule has 2 unspecified atom stereocenters. The molecule has 110 valence electrons. The number of carbonyl (C=O) groups excluding carboxylic acids is 1. The zero-order valence-corrected chi connectivity index (χ0v) is 12.1. The highest BCUT2D eigenvalue weighted by Crippen LogP contribution is 2.19. The van der Waals surface area contributed by atoms with E-state index in [2.05, 4.69) is 5.32 Å². The van der Waals surface area contributed by atoms with Gasteiger partial charge in [-0.05, 0) is 26.7 Å². The van der Waals surface area contributed by atoms with E-state index in [4.69, 9.17) is 5.11 Å². The van der Waals surface area contributed by atoms with E-state index in [9.17, 15) is 18.0 Å². The summed E-state index contributed by atoms with van der Waals surface area (Å²) < 4.78 is 24.1. The molecule has 6 nitrogen and oxygen atoms in total. The van der Waals surface area contributed by atoms with Gasteiger partial charge in [0.2, 0.25) is 5.91 Å². The van der Waals surface area contributed by atoms with E-state index in [1.54, 1.807) is 0 Å². The summed E-state index contributed by atoms with van der Waals surface area (Å²) in [6.07, 6.45) is 3.36. The summed E-state index contributed by atoms with van der Waals surface area (Å²) in [4.78, 5) is 22.5. The van der Waals surface area contributed by atoms with Crippen LogP contribution in [0.15, 0.2) is 0 Å². The van der Waals surface area contributed by atoms with Crippen molar-refractivity contribution in [2.75, 3.05) is 0 Å². The molecule has 1 aliphatic carbocycles. The van der Waals surface area contributed by atoms with E-state index in [1.165, 1.54) is 13.8 Å². The van der Waals surface area contributed by atoms with Gasteiger partial charge in [-0.15, -0.1) is 0 Å². The maximum Gasteiger partial charge on any atom is 0.304 e. The predicted octanol–water partition coefficient (Wildman–Crippen LogP) is 0.712. The molecule has 19 heavy (non-hydrogen) atoms. The van der Waals surface area contributed by atoms with E-state index in [0.717, 1.165) is 25.7 Å². The number of sulfone groups is 1. The average Bonchev–Trinajstić information content (AvgIpc) is 2.79. The summed E-state index contributed by atoms with van der Waals surface area (Å²) in [5.41, 5.74) is 0. The van der Waals surface area contributed by atoms with Gasteiger partial charge in [0.25, 0.3) is 0 Å². The Bertz CT molecular complexity index is 439. The first-order valence-electron chi connectivity index (χ1n) is 6.50. The highest BCUT2D eigenvalue weighted by atomic mass is 32.2. The lowest BCUT2D eigenvalue weighted by molar-refractivity contribution is -0.137. The summed E-state index contributed by atoms with van der Waals surface area (Å²) in [7, 11) is -3.77. The number of carboxylic acid groups (broad SMARTS) is 1. The Labute approximate surface area is 113 Å². The number of carboxylic acids is 1. The van der Waals surface area contributed by atoms with Crippen LogP contribution in [0.5, 0.6) is 0 Å². The minimum absolute atomic E-state index is 0.0555. The standard InChI is InChI=1S/C12H21NO5S/c1-8(7-11(14)15)19(17,18)9(2)12(16)13-10-5-3-4-6-10/h8-10H,3-7H2,1-2H3,(H,13,16)(H,14,15). The summed E-state index contributed by atoms with van der Waals surface area (Å²) in [5, 5.41) is 9.09. The van der Waals surface area contributed by atoms with Crippen LogP contribution in [-0.2, 0) is 19.4 Å². The van der Waals surface area contributed by atoms with Crippen LogP contribution in [0.3, 0.4) is 0 Å². The fourth-order valence-corrected chi connectivity index (χ4v) is 3.69. The highest BCUT2D eigenvalue weighted by Gasteiger charge is 2.35. The van der Waals surface area contributed by atoms with Crippen LogP contribution in [0, 0.1) is 0 Å². The topological polar surface area (TPSA) is 101 Å². The largest absolute Gasteiger partial charge is 0.481 e. The van der Waals surface area contributed by atoms with Crippen molar-refractivity contribution in [3.8, 4) is 0 Å². The lowest BCUT2D eigenvalue weighted by Crippen LogP contribution is -2.45. The third-order valence-electron chi connectivity index (χ3n) is 3.59. The van der Waals surface area contributed by atoms with Gasteiger partial charge in [-0.1, -0.05) is 12.8 Å². The Morgan fingerprint density at radius 1 is 1.26 bits per heavy atom. The number of aliphatic carboxylic acids is 1. The number of rotatable bonds is 6. The zero-order valence-electron chi connectivity index (χ0n) is 11.3. The summed E-state index contributed by atoms with van der Waals surface area (Å²) in [5.74, 6) is -1.70. The van der Waals surface area contributed by atoms with E-state index >= 15 is 0 Å². The van der Waals surface area contributed by atoms with Crippen molar-refractivity contribution in [1.29, 1.82) is 0 Å². The van der Waals surface area contributed by atoms with E-state index in [1.807, 2.05) is 0 Å². The Morgan fingerprint density at radius 3 is 2.26 bits per heavy atom. The molecule has 1 rings (SSSR count). The molecule has 0 aromatic carbocycles. The Morgan fingerprint density at radius 2 is 1.79 bits per heavy atom. The van der Waals surface area contributed by atoms with Gasteiger partial charge in [0, 0.05) is 6.04 Å². The first-order chi connectivity index (χ1) is 8.75. The van der Waals surface area contributed by atoms with Crippen molar-refractivity contribution in [1.82, 2.24) is 5.32 Å². The molecule has 1 saturated carbocycles. The van der Waals surface area contributed by atoms with Crippen molar-refractivity contribution in [3.63, 3.8) is 0 Å². The quantitative estimate of drug-likeness (QED) is 0.750. The van der Waals surface area contributed by atoms with Crippen molar-refractivity contribution in [2.45, 2.75) is 62.5 Å². The molecular formula is C12H21NO5S. The first-order valence-corrected chi connectivity index (χ1v) is 8.11. The van der Waals surface area contributed by atoms with Gasteiger partial charge in [-0.25, -0.2) is 8.42 Å². The summed E-state index contributed by atoms with van der Waals surface area (Å²) >= 11 is 0. The Hall–Kier alpha value is -1.11. The molecule has 1 aliphatic rings. The van der Waals surface area contributed by atoms with Gasteiger partial charge in [-0.3, -0.25) is 9.59 Å². The van der Waals surface area contributed by atoms with Crippen molar-refractivity contribution < 1.29 is 23.1 Å². The number of carbonyl (C=O) groups is 2. The lowest BCUT2D eigenvalue weighted by Gasteiger charge is -2.19. The Balaban J connectivity index is 2.65. The van der Waals surface area contributed by atoms with Crippen molar-refractivity contribution in [2.24, 2.45) is 0 Å². The minimum atomic E-state index is -3.77. The highest BCUT2D eigenvalue weighted by molar-refractivity contribution is 7.93. The second-order valence-electron chi connectivity index (χ2n) is 5.13. The van der Waals surface area contributed by atoms with Gasteiger partial charge in [0.05, 0.1) is 11.7 Å². The molecule has 0 radical (unpaired) electrons. The average molecular weight is 291 g/mol. The fourth-order valence-electron chi connectivity index (χ4n) is 2.25. The van der Waals surface area contributed by atoms with Crippen molar-refractivity contribution in [3.05, 3.63) is 0 Å². The van der Waals surface area contributed by atoms with Crippen LogP contribution in [0.1, 0.15) is 46.0 Å². The van der Waals surface area contributed by atoms with Crippen LogP contribution in [0.25, 0.3) is 0 Å². The van der Waals surface area contributed by atoms with Crippen LogP contribution in [0.4, 0.5) is 0 Å². The van der Waals surface area contributed by atoms with Gasteiger partial charge in [0.15, 0.2) is 9.84 Å². The second kappa shape index (κ2) is 6.36. The summed E-state index contributed by atoms with van der Waals surface area (Å²) in [6, 6.07) is 0.0555. The second-order valence-corrected chi connectivity index (χ2v) is 7.82. The van der Waals surface area contributed by atoms with Crippen LogP contribution < -0.4 is 5.32 Å². The maximum absolute atomic E-state index is 12.1. The molecule has 1 fully saturated rings. The molecule has 7 heteroatoms. The summed E-state index contributed by atoms with van der Waals surface area (Å²) in [6.45, 7) is 2.64. The van der Waals surface area contributed by atoms with Crippen LogP contribution in [-0.4, -0.2) is 41.9 Å². The van der Waals surface area contributed by atoms with E-state index < -0.39 is 38.6 Å². The molecule has 2 atom stereocenters. The Kier molecular flexibility index (Phi) is 5.34. The zero-order chi connectivity index (χ0) is 14.6. The van der Waals surface area contributed by atoms with Crippen molar-refractivity contribution >= 4 is 21.7 Å². The molecular weight excluding hydrogens is 270 g/mol. The molecule has 0 heterocycles. The SMILES string of the molecule is CC(CC(=O)O)S(=O)(=O)C(C)C(=O)NC1CCCC1. The van der Waals surface area contributed by atoms with Crippen LogP contribution in [0.2, 0.25) is 0 Å². The molecule has 0 spiro atoms. The molecule has 0 saturated heterocycles. The predicted molar refractivity (Wildman–Crippen MR) is 70.5 cm³/mol. The maximum atomic E-state index is 12.1. The first kappa shape index (κ1) is 15.9. The number of nitrogens with one attached hydrogen (secondary N) is 1. The monoisotopic (exact) mass is 291 g/mol. The van der Waals surface area contributed by atoms with E-state index in [-0.39, 0.29) is 6.04 Å². The molecule has 0 aromatic heterocycles. The fraction of sp³-hybridized carbons (Fsp3) is 0.833. The molecule has 0 aromatic rings. The normalized spacial score (nSPS) is 19.9. The number of hydrogen-bond acceptors (Lipinski definition) is 4. The van der Waals surface area contributed by atoms with Gasteiger partial charge >= 0.3 is 5.97 Å².